The van der Waals surface area contributed by atoms with Crippen molar-refractivity contribution >= 4 is 34.4 Å². The van der Waals surface area contributed by atoms with E-state index in [2.05, 4.69) is 10.3 Å². The third-order valence-electron chi connectivity index (χ3n) is 5.27. The van der Waals surface area contributed by atoms with Crippen molar-refractivity contribution in [3.63, 3.8) is 0 Å². The first-order chi connectivity index (χ1) is 14.9. The van der Waals surface area contributed by atoms with E-state index >= 15 is 0 Å². The van der Waals surface area contributed by atoms with Crippen LogP contribution >= 0.6 is 11.6 Å². The van der Waals surface area contributed by atoms with Gasteiger partial charge >= 0.3 is 0 Å². The maximum Gasteiger partial charge on any atom is 0.265 e. The summed E-state index contributed by atoms with van der Waals surface area (Å²) in [4.78, 5) is 44.2. The number of carbonyl (C=O) groups excluding carboxylic acids is 2. The summed E-state index contributed by atoms with van der Waals surface area (Å²) in [5.74, 6) is -0.560. The molecule has 1 aliphatic heterocycles. The lowest BCUT2D eigenvalue weighted by atomic mass is 10.1. The number of rotatable bonds is 6. The van der Waals surface area contributed by atoms with Gasteiger partial charge in [-0.25, -0.2) is 4.98 Å². The van der Waals surface area contributed by atoms with Crippen LogP contribution in [0.3, 0.4) is 0 Å². The van der Waals surface area contributed by atoms with Crippen LogP contribution in [0.4, 0.5) is 0 Å². The van der Waals surface area contributed by atoms with Crippen molar-refractivity contribution in [2.45, 2.75) is 25.6 Å². The van der Waals surface area contributed by atoms with Crippen molar-refractivity contribution in [3.05, 3.63) is 75.2 Å². The van der Waals surface area contributed by atoms with Gasteiger partial charge in [0.05, 0.1) is 0 Å². The highest BCUT2D eigenvalue weighted by Crippen LogP contribution is 2.14. The third kappa shape index (κ3) is 4.60. The van der Waals surface area contributed by atoms with Gasteiger partial charge in [-0.15, -0.1) is 0 Å². The summed E-state index contributed by atoms with van der Waals surface area (Å²) in [5, 5.41) is 4.03. The van der Waals surface area contributed by atoms with Gasteiger partial charge < -0.3 is 16.0 Å². The lowest BCUT2D eigenvalue weighted by Crippen LogP contribution is -2.58. The van der Waals surface area contributed by atoms with Crippen LogP contribution in [0.1, 0.15) is 22.3 Å². The molecule has 1 aliphatic rings. The smallest absolute Gasteiger partial charge is 0.265 e. The predicted molar refractivity (Wildman–Crippen MR) is 118 cm³/mol. The van der Waals surface area contributed by atoms with Crippen molar-refractivity contribution in [1.82, 2.24) is 19.8 Å². The number of amides is 2. The Morgan fingerprint density at radius 1 is 1.19 bits per heavy atom. The fourth-order valence-corrected chi connectivity index (χ4v) is 3.66. The van der Waals surface area contributed by atoms with Crippen LogP contribution in [0.5, 0.6) is 0 Å². The normalized spacial score (nSPS) is 13.8. The van der Waals surface area contributed by atoms with Gasteiger partial charge in [0.1, 0.15) is 11.2 Å². The summed E-state index contributed by atoms with van der Waals surface area (Å²) < 4.78 is 1.39. The minimum Gasteiger partial charge on any atom is -0.348 e. The lowest BCUT2D eigenvalue weighted by molar-refractivity contribution is -0.135. The van der Waals surface area contributed by atoms with Crippen LogP contribution in [0.15, 0.2) is 53.5 Å². The molecule has 0 saturated carbocycles. The van der Waals surface area contributed by atoms with E-state index in [4.69, 9.17) is 17.3 Å². The van der Waals surface area contributed by atoms with Crippen molar-refractivity contribution in [2.24, 2.45) is 5.73 Å². The van der Waals surface area contributed by atoms with Crippen molar-refractivity contribution < 1.29 is 9.59 Å². The highest BCUT2D eigenvalue weighted by molar-refractivity contribution is 6.30. The summed E-state index contributed by atoms with van der Waals surface area (Å²) in [7, 11) is 0. The molecule has 0 radical (unpaired) electrons. The molecule has 3 heterocycles. The zero-order valence-electron chi connectivity index (χ0n) is 16.8. The molecular weight excluding hydrogens is 418 g/mol. The molecule has 0 bridgehead atoms. The predicted octanol–water partition coefficient (Wildman–Crippen LogP) is 1.54. The van der Waals surface area contributed by atoms with Crippen molar-refractivity contribution in [3.8, 4) is 0 Å². The van der Waals surface area contributed by atoms with Crippen LogP contribution in [-0.2, 0) is 17.9 Å². The average Bonchev–Trinajstić information content (AvgIpc) is 2.75. The number of nitrogens with zero attached hydrogens (tertiary/aromatic N) is 3. The van der Waals surface area contributed by atoms with E-state index in [9.17, 15) is 14.4 Å². The molecule has 9 heteroatoms. The fourth-order valence-electron chi connectivity index (χ4n) is 3.54. The molecule has 4 rings (SSSR count). The number of halogens is 1. The van der Waals surface area contributed by atoms with Gasteiger partial charge in [-0.05, 0) is 35.9 Å². The number of carbonyl (C=O) groups is 2. The van der Waals surface area contributed by atoms with Gasteiger partial charge in [-0.2, -0.15) is 0 Å². The highest BCUT2D eigenvalue weighted by Gasteiger charge is 2.27. The van der Waals surface area contributed by atoms with E-state index in [1.165, 1.54) is 10.6 Å². The van der Waals surface area contributed by atoms with Gasteiger partial charge in [0, 0.05) is 55.2 Å². The number of hydrogen-bond donors (Lipinski definition) is 2. The van der Waals surface area contributed by atoms with Crippen LogP contribution in [0.25, 0.3) is 11.0 Å². The Balaban J connectivity index is 1.56. The summed E-state index contributed by atoms with van der Waals surface area (Å²) in [6.45, 7) is 1.45. The van der Waals surface area contributed by atoms with E-state index in [1.807, 2.05) is 0 Å². The Labute approximate surface area is 183 Å². The second kappa shape index (κ2) is 8.87. The number of fused-ring (bicyclic) bond motifs is 1. The standard InChI is InChI=1S/C22H22ClN5O3/c23-16-5-3-14(4-6-16)11-26-21(30)18-10-15-2-1-8-25-20(15)28(22(18)31)9-7-19(29)27-12-17(24)13-27/h1-6,8,10,17H,7,9,11-13,24H2,(H,26,30). The second-order valence-corrected chi connectivity index (χ2v) is 7.99. The minimum atomic E-state index is -0.487. The number of hydrogen-bond acceptors (Lipinski definition) is 5. The molecule has 3 N–H and O–H groups in total. The quantitative estimate of drug-likeness (QED) is 0.605. The van der Waals surface area contributed by atoms with Crippen molar-refractivity contribution in [1.29, 1.82) is 0 Å². The first-order valence-corrected chi connectivity index (χ1v) is 10.3. The van der Waals surface area contributed by atoms with Gasteiger partial charge in [-0.3, -0.25) is 19.0 Å². The first-order valence-electron chi connectivity index (χ1n) is 9.97. The molecular formula is C22H22ClN5O3. The summed E-state index contributed by atoms with van der Waals surface area (Å²) >= 11 is 5.88. The van der Waals surface area contributed by atoms with E-state index in [1.54, 1.807) is 47.5 Å². The minimum absolute atomic E-state index is 0.00730. The average molecular weight is 440 g/mol. The number of nitrogens with two attached hydrogens (primary N) is 1. The molecule has 2 aromatic heterocycles. The molecule has 3 aromatic rings. The molecule has 2 amide bonds. The zero-order chi connectivity index (χ0) is 22.0. The van der Waals surface area contributed by atoms with E-state index in [0.717, 1.165) is 5.56 Å². The molecule has 1 aromatic carbocycles. The van der Waals surface area contributed by atoms with Crippen LogP contribution in [0.2, 0.25) is 5.02 Å². The molecule has 1 saturated heterocycles. The largest absolute Gasteiger partial charge is 0.348 e. The number of aryl methyl sites for hydroxylation is 1. The van der Waals surface area contributed by atoms with Gasteiger partial charge in [0.25, 0.3) is 11.5 Å². The van der Waals surface area contributed by atoms with Crippen LogP contribution in [0, 0.1) is 0 Å². The van der Waals surface area contributed by atoms with Crippen LogP contribution < -0.4 is 16.6 Å². The highest BCUT2D eigenvalue weighted by atomic mass is 35.5. The topological polar surface area (TPSA) is 110 Å². The SMILES string of the molecule is NC1CN(C(=O)CCn2c(=O)c(C(=O)NCc3ccc(Cl)cc3)cc3cccnc32)C1. The van der Waals surface area contributed by atoms with E-state index in [0.29, 0.717) is 29.1 Å². The maximum absolute atomic E-state index is 13.1. The Kier molecular flexibility index (Phi) is 6.01. The Bertz CT molecular complexity index is 1190. The summed E-state index contributed by atoms with van der Waals surface area (Å²) in [6, 6.07) is 12.1. The molecule has 0 atom stereocenters. The molecule has 1 fully saturated rings. The van der Waals surface area contributed by atoms with Crippen LogP contribution in [-0.4, -0.2) is 45.4 Å². The lowest BCUT2D eigenvalue weighted by Gasteiger charge is -2.37. The number of pyridine rings is 2. The maximum atomic E-state index is 13.1. The Morgan fingerprint density at radius 2 is 1.94 bits per heavy atom. The molecule has 0 aliphatic carbocycles. The summed E-state index contributed by atoms with van der Waals surface area (Å²) in [6.07, 6.45) is 1.71. The molecule has 0 unspecified atom stereocenters. The van der Waals surface area contributed by atoms with E-state index in [-0.39, 0.29) is 37.0 Å². The molecule has 8 nitrogen and oxygen atoms in total. The third-order valence-corrected chi connectivity index (χ3v) is 5.52. The van der Waals surface area contributed by atoms with Gasteiger partial charge in [-0.1, -0.05) is 23.7 Å². The summed E-state index contributed by atoms with van der Waals surface area (Å²) in [5.41, 5.74) is 6.56. The molecule has 0 spiro atoms. The number of aromatic nitrogens is 2. The number of likely N-dealkylation sites (tertiary alicyclic amines) is 1. The zero-order valence-corrected chi connectivity index (χ0v) is 17.5. The number of benzene rings is 1. The first kappa shape index (κ1) is 21.0. The molecule has 160 valence electrons. The second-order valence-electron chi connectivity index (χ2n) is 7.55. The van der Waals surface area contributed by atoms with Crippen molar-refractivity contribution in [2.75, 3.05) is 13.1 Å². The Morgan fingerprint density at radius 3 is 2.65 bits per heavy atom. The number of nitrogens with one attached hydrogen (secondary N) is 1. The van der Waals surface area contributed by atoms with Gasteiger partial charge in [0.15, 0.2) is 0 Å². The monoisotopic (exact) mass is 439 g/mol. The fraction of sp³-hybridized carbons (Fsp3) is 0.273. The Hall–Kier alpha value is -3.23. The van der Waals surface area contributed by atoms with E-state index < -0.39 is 11.5 Å². The van der Waals surface area contributed by atoms with Gasteiger partial charge in [0.2, 0.25) is 5.91 Å². The molecule has 31 heavy (non-hydrogen) atoms.